The Hall–Kier alpha value is -1.51. The van der Waals surface area contributed by atoms with E-state index in [1.807, 2.05) is 20.6 Å². The molecule has 0 amide bonds. The average Bonchev–Trinajstić information content (AvgIpc) is 2.25. The van der Waals surface area contributed by atoms with E-state index in [-0.39, 0.29) is 0 Å². The highest BCUT2D eigenvalue weighted by molar-refractivity contribution is 5.73. The van der Waals surface area contributed by atoms with Gasteiger partial charge in [-0.3, -0.25) is 9.78 Å². The third-order valence-corrected chi connectivity index (χ3v) is 0.820. The zero-order valence-corrected chi connectivity index (χ0v) is 7.36. The van der Waals surface area contributed by atoms with Crippen molar-refractivity contribution in [3.05, 3.63) is 30.1 Å². The van der Waals surface area contributed by atoms with E-state index in [9.17, 15) is 4.79 Å². The van der Waals surface area contributed by atoms with Gasteiger partial charge in [-0.15, -0.1) is 0 Å². The van der Waals surface area contributed by atoms with Crippen LogP contribution < -0.4 is 0 Å². The monoisotopic (exact) mass is 167 g/mol. The highest BCUT2D eigenvalue weighted by Gasteiger charge is 1.81. The molecular formula is C9H13NO2. The second-order valence-electron chi connectivity index (χ2n) is 1.40. The molecule has 1 aromatic rings. The zero-order chi connectivity index (χ0) is 9.82. The second-order valence-corrected chi connectivity index (χ2v) is 1.40. The maximum atomic E-state index is 9.97. The fraction of sp³-hybridized carbons (Fsp3) is 0.222. The number of aromatic nitrogens is 1. The van der Waals surface area contributed by atoms with Crippen molar-refractivity contribution < 1.29 is 9.59 Å². The Morgan fingerprint density at radius 3 is 2.25 bits per heavy atom. The average molecular weight is 167 g/mol. The number of rotatable bonds is 1. The first-order chi connectivity index (χ1) is 5.93. The van der Waals surface area contributed by atoms with Crippen molar-refractivity contribution >= 4 is 13.1 Å². The second kappa shape index (κ2) is 12.2. The van der Waals surface area contributed by atoms with E-state index in [0.29, 0.717) is 5.56 Å². The fourth-order valence-electron chi connectivity index (χ4n) is 0.446. The highest BCUT2D eigenvalue weighted by Crippen LogP contribution is 1.87. The quantitative estimate of drug-likeness (QED) is 0.598. The Labute approximate surface area is 72.4 Å². The predicted molar refractivity (Wildman–Crippen MR) is 48.1 cm³/mol. The fourth-order valence-corrected chi connectivity index (χ4v) is 0.446. The molecule has 12 heavy (non-hydrogen) atoms. The van der Waals surface area contributed by atoms with Crippen LogP contribution in [0.25, 0.3) is 0 Å². The zero-order valence-electron chi connectivity index (χ0n) is 7.36. The van der Waals surface area contributed by atoms with Crippen molar-refractivity contribution in [1.82, 2.24) is 4.98 Å². The lowest BCUT2D eigenvalue weighted by Gasteiger charge is -1.81. The van der Waals surface area contributed by atoms with Crippen LogP contribution in [0, 0.1) is 0 Å². The standard InChI is InChI=1S/C6H5NO.C2H6.CH2O/c8-5-6-2-1-3-7-4-6;2*1-2/h1-5H;1-2H3;1H2. The van der Waals surface area contributed by atoms with Gasteiger partial charge in [0.1, 0.15) is 6.79 Å². The topological polar surface area (TPSA) is 47.0 Å². The van der Waals surface area contributed by atoms with E-state index < -0.39 is 0 Å². The molecule has 0 spiro atoms. The molecule has 66 valence electrons. The number of aldehydes is 1. The first kappa shape index (κ1) is 13.1. The summed E-state index contributed by atoms with van der Waals surface area (Å²) in [5.74, 6) is 0. The third kappa shape index (κ3) is 6.61. The highest BCUT2D eigenvalue weighted by atomic mass is 16.1. The van der Waals surface area contributed by atoms with Gasteiger partial charge in [0, 0.05) is 18.0 Å². The molecular weight excluding hydrogens is 154 g/mol. The van der Waals surface area contributed by atoms with Gasteiger partial charge in [-0.1, -0.05) is 13.8 Å². The molecule has 0 aliphatic carbocycles. The summed E-state index contributed by atoms with van der Waals surface area (Å²) in [6, 6.07) is 3.43. The van der Waals surface area contributed by atoms with Gasteiger partial charge in [0.25, 0.3) is 0 Å². The van der Waals surface area contributed by atoms with Crippen LogP contribution >= 0.6 is 0 Å². The Bertz CT molecular complexity index is 187. The lowest BCUT2D eigenvalue weighted by Crippen LogP contribution is -1.77. The van der Waals surface area contributed by atoms with Crippen LogP contribution in [0.4, 0.5) is 0 Å². The van der Waals surface area contributed by atoms with Gasteiger partial charge in [-0.25, -0.2) is 0 Å². The van der Waals surface area contributed by atoms with Crippen LogP contribution in [0.2, 0.25) is 0 Å². The molecule has 1 heterocycles. The Balaban J connectivity index is 0. The summed E-state index contributed by atoms with van der Waals surface area (Å²) in [4.78, 5) is 21.7. The molecule has 3 nitrogen and oxygen atoms in total. The molecule has 0 fully saturated rings. The summed E-state index contributed by atoms with van der Waals surface area (Å²) in [7, 11) is 0. The van der Waals surface area contributed by atoms with Gasteiger partial charge in [-0.2, -0.15) is 0 Å². The summed E-state index contributed by atoms with van der Waals surface area (Å²) in [6.45, 7) is 6.00. The summed E-state index contributed by atoms with van der Waals surface area (Å²) in [6.07, 6.45) is 3.92. The molecule has 0 aliphatic rings. The van der Waals surface area contributed by atoms with Crippen molar-refractivity contribution in [3.63, 3.8) is 0 Å². The summed E-state index contributed by atoms with van der Waals surface area (Å²) < 4.78 is 0. The van der Waals surface area contributed by atoms with E-state index >= 15 is 0 Å². The van der Waals surface area contributed by atoms with Gasteiger partial charge in [-0.05, 0) is 12.1 Å². The van der Waals surface area contributed by atoms with Crippen molar-refractivity contribution in [1.29, 1.82) is 0 Å². The molecule has 0 aromatic carbocycles. The first-order valence-electron chi connectivity index (χ1n) is 3.57. The van der Waals surface area contributed by atoms with Gasteiger partial charge in [0.2, 0.25) is 0 Å². The van der Waals surface area contributed by atoms with Gasteiger partial charge < -0.3 is 4.79 Å². The summed E-state index contributed by atoms with van der Waals surface area (Å²) >= 11 is 0. The number of carbonyl (C=O) groups is 2. The van der Waals surface area contributed by atoms with Crippen LogP contribution in [-0.2, 0) is 4.79 Å². The molecule has 0 N–H and O–H groups in total. The maximum absolute atomic E-state index is 9.97. The van der Waals surface area contributed by atoms with Crippen LogP contribution in [-0.4, -0.2) is 18.1 Å². The molecule has 3 heteroatoms. The molecule has 0 bridgehead atoms. The Morgan fingerprint density at radius 2 is 2.00 bits per heavy atom. The van der Waals surface area contributed by atoms with Gasteiger partial charge in [0.05, 0.1) is 0 Å². The minimum Gasteiger partial charge on any atom is -0.307 e. The number of pyridine rings is 1. The molecule has 1 rings (SSSR count). The normalized spacial score (nSPS) is 6.50. The van der Waals surface area contributed by atoms with E-state index in [2.05, 4.69) is 4.98 Å². The third-order valence-electron chi connectivity index (χ3n) is 0.820. The lowest BCUT2D eigenvalue weighted by molar-refractivity contribution is -0.0979. The largest absolute Gasteiger partial charge is 0.307 e. The van der Waals surface area contributed by atoms with Crippen LogP contribution in [0.1, 0.15) is 24.2 Å². The molecule has 0 saturated heterocycles. The summed E-state index contributed by atoms with van der Waals surface area (Å²) in [5, 5.41) is 0. The molecule has 0 atom stereocenters. The van der Waals surface area contributed by atoms with E-state index in [4.69, 9.17) is 4.79 Å². The van der Waals surface area contributed by atoms with E-state index in [1.165, 1.54) is 6.20 Å². The SMILES string of the molecule is C=O.CC.O=Cc1cccnc1. The number of hydrogen-bond acceptors (Lipinski definition) is 3. The lowest BCUT2D eigenvalue weighted by atomic mass is 10.3. The van der Waals surface area contributed by atoms with Gasteiger partial charge in [0.15, 0.2) is 6.29 Å². The smallest absolute Gasteiger partial charge is 0.151 e. The van der Waals surface area contributed by atoms with E-state index in [1.54, 1.807) is 18.3 Å². The van der Waals surface area contributed by atoms with Crippen molar-refractivity contribution in [2.75, 3.05) is 0 Å². The molecule has 0 aliphatic heterocycles. The minimum atomic E-state index is 0.618. The molecule has 0 unspecified atom stereocenters. The minimum absolute atomic E-state index is 0.618. The predicted octanol–water partition coefficient (Wildman–Crippen LogP) is 1.74. The number of nitrogens with zero attached hydrogens (tertiary/aromatic N) is 1. The molecule has 1 aromatic heterocycles. The van der Waals surface area contributed by atoms with Crippen molar-refractivity contribution in [2.24, 2.45) is 0 Å². The summed E-state index contributed by atoms with van der Waals surface area (Å²) in [5.41, 5.74) is 0.618. The van der Waals surface area contributed by atoms with Crippen LogP contribution in [0.3, 0.4) is 0 Å². The van der Waals surface area contributed by atoms with Gasteiger partial charge >= 0.3 is 0 Å². The van der Waals surface area contributed by atoms with Crippen molar-refractivity contribution in [3.8, 4) is 0 Å². The first-order valence-corrected chi connectivity index (χ1v) is 3.57. The van der Waals surface area contributed by atoms with Crippen LogP contribution in [0.15, 0.2) is 24.5 Å². The van der Waals surface area contributed by atoms with Crippen LogP contribution in [0.5, 0.6) is 0 Å². The molecule has 0 saturated carbocycles. The Morgan fingerprint density at radius 1 is 1.42 bits per heavy atom. The van der Waals surface area contributed by atoms with Crippen molar-refractivity contribution in [2.45, 2.75) is 13.8 Å². The maximum Gasteiger partial charge on any atom is 0.151 e. The van der Waals surface area contributed by atoms with E-state index in [0.717, 1.165) is 6.29 Å². The number of hydrogen-bond donors (Lipinski definition) is 0. The molecule has 0 radical (unpaired) electrons. The number of carbonyl (C=O) groups excluding carboxylic acids is 2. The Kier molecular flexibility index (Phi) is 13.3.